The highest BCUT2D eigenvalue weighted by Gasteiger charge is 2.33. The van der Waals surface area contributed by atoms with Gasteiger partial charge < -0.3 is 9.73 Å². The molecule has 1 heterocycles. The number of alkyl halides is 3. The average Bonchev–Trinajstić information content (AvgIpc) is 2.89. The molecular weight excluding hydrogens is 373 g/mol. The van der Waals surface area contributed by atoms with E-state index in [0.29, 0.717) is 0 Å². The first kappa shape index (κ1) is 16.0. The Bertz CT molecular complexity index is 742. The minimum Gasteiger partial charge on any atom is -0.395 e. The van der Waals surface area contributed by atoms with E-state index in [4.69, 9.17) is 0 Å². The number of anilines is 1. The first-order valence-corrected chi connectivity index (χ1v) is 6.40. The van der Waals surface area contributed by atoms with Gasteiger partial charge in [0.2, 0.25) is 0 Å². The van der Waals surface area contributed by atoms with Gasteiger partial charge in [0.1, 0.15) is 4.92 Å². The van der Waals surface area contributed by atoms with Gasteiger partial charge in [-0.05, 0) is 24.3 Å². The summed E-state index contributed by atoms with van der Waals surface area (Å²) in [5, 5.41) is 12.6. The molecule has 0 fully saturated rings. The number of amides is 1. The average molecular weight is 379 g/mol. The fourth-order valence-electron chi connectivity index (χ4n) is 1.56. The van der Waals surface area contributed by atoms with Crippen LogP contribution in [0.15, 0.2) is 39.2 Å². The first-order chi connectivity index (χ1) is 10.2. The third-order valence-corrected chi connectivity index (χ3v) is 3.22. The first-order valence-electron chi connectivity index (χ1n) is 5.61. The Labute approximate surface area is 129 Å². The van der Waals surface area contributed by atoms with Gasteiger partial charge in [0.05, 0.1) is 11.6 Å². The molecule has 1 N–H and O–H groups in total. The SMILES string of the molecule is O=C(Nc1ccc(Br)c(C(F)(F)F)c1)c1ccc([N+](=O)[O-])o1. The van der Waals surface area contributed by atoms with E-state index in [-0.39, 0.29) is 15.9 Å². The Morgan fingerprint density at radius 1 is 1.27 bits per heavy atom. The van der Waals surface area contributed by atoms with Crippen LogP contribution in [0, 0.1) is 10.1 Å². The van der Waals surface area contributed by atoms with Crippen molar-refractivity contribution >= 4 is 33.4 Å². The van der Waals surface area contributed by atoms with E-state index in [1.165, 1.54) is 6.07 Å². The molecule has 0 unspecified atom stereocenters. The molecule has 22 heavy (non-hydrogen) atoms. The van der Waals surface area contributed by atoms with Crippen LogP contribution in [-0.4, -0.2) is 10.8 Å². The van der Waals surface area contributed by atoms with Crippen molar-refractivity contribution in [2.75, 3.05) is 5.32 Å². The lowest BCUT2D eigenvalue weighted by Crippen LogP contribution is -2.13. The summed E-state index contributed by atoms with van der Waals surface area (Å²) in [6, 6.07) is 5.13. The minimum absolute atomic E-state index is 0.125. The summed E-state index contributed by atoms with van der Waals surface area (Å²) in [5.74, 6) is -1.93. The summed E-state index contributed by atoms with van der Waals surface area (Å²) in [6.45, 7) is 0. The number of benzene rings is 1. The van der Waals surface area contributed by atoms with Crippen LogP contribution in [0.5, 0.6) is 0 Å². The van der Waals surface area contributed by atoms with Crippen LogP contribution in [0.25, 0.3) is 0 Å². The van der Waals surface area contributed by atoms with Gasteiger partial charge in [-0.2, -0.15) is 13.2 Å². The van der Waals surface area contributed by atoms with E-state index in [1.807, 2.05) is 0 Å². The predicted molar refractivity (Wildman–Crippen MR) is 72.5 cm³/mol. The summed E-state index contributed by atoms with van der Waals surface area (Å²) in [7, 11) is 0. The number of hydrogen-bond donors (Lipinski definition) is 1. The molecule has 0 spiro atoms. The maximum Gasteiger partial charge on any atom is 0.433 e. The Morgan fingerprint density at radius 2 is 1.95 bits per heavy atom. The smallest absolute Gasteiger partial charge is 0.395 e. The van der Waals surface area contributed by atoms with Crippen molar-refractivity contribution in [3.8, 4) is 0 Å². The van der Waals surface area contributed by atoms with E-state index in [2.05, 4.69) is 25.7 Å². The third kappa shape index (κ3) is 3.45. The maximum absolute atomic E-state index is 12.7. The van der Waals surface area contributed by atoms with Crippen molar-refractivity contribution < 1.29 is 27.3 Å². The Balaban J connectivity index is 2.23. The monoisotopic (exact) mass is 378 g/mol. The van der Waals surface area contributed by atoms with Crippen molar-refractivity contribution in [3.63, 3.8) is 0 Å². The number of halogens is 4. The molecule has 0 aliphatic carbocycles. The second kappa shape index (κ2) is 5.79. The van der Waals surface area contributed by atoms with Crippen LogP contribution in [-0.2, 0) is 6.18 Å². The van der Waals surface area contributed by atoms with Crippen LogP contribution in [0.3, 0.4) is 0 Å². The summed E-state index contributed by atoms with van der Waals surface area (Å²) in [5.41, 5.74) is -1.09. The standard InChI is InChI=1S/C12H6BrF3N2O4/c13-8-2-1-6(5-7(8)12(14,15)16)17-11(19)9-3-4-10(22-9)18(20)21/h1-5H,(H,17,19). The second-order valence-electron chi connectivity index (χ2n) is 4.04. The maximum atomic E-state index is 12.7. The zero-order valence-electron chi connectivity index (χ0n) is 10.5. The van der Waals surface area contributed by atoms with Gasteiger partial charge in [0.15, 0.2) is 5.76 Å². The molecule has 0 bridgehead atoms. The molecule has 1 aromatic heterocycles. The lowest BCUT2D eigenvalue weighted by molar-refractivity contribution is -0.402. The fraction of sp³-hybridized carbons (Fsp3) is 0.0833. The van der Waals surface area contributed by atoms with Crippen LogP contribution >= 0.6 is 15.9 Å². The van der Waals surface area contributed by atoms with E-state index >= 15 is 0 Å². The molecule has 0 radical (unpaired) electrons. The molecule has 116 valence electrons. The van der Waals surface area contributed by atoms with Gasteiger partial charge >= 0.3 is 12.1 Å². The lowest BCUT2D eigenvalue weighted by Gasteiger charge is -2.11. The van der Waals surface area contributed by atoms with Gasteiger partial charge in [-0.1, -0.05) is 15.9 Å². The van der Waals surface area contributed by atoms with E-state index in [0.717, 1.165) is 24.3 Å². The van der Waals surface area contributed by atoms with Gasteiger partial charge in [-0.3, -0.25) is 14.9 Å². The Hall–Kier alpha value is -2.36. The molecule has 2 rings (SSSR count). The number of nitro groups is 1. The number of nitrogens with zero attached hydrogens (tertiary/aromatic N) is 1. The molecule has 0 aliphatic rings. The predicted octanol–water partition coefficient (Wildman–Crippen LogP) is 4.22. The number of furan rings is 1. The van der Waals surface area contributed by atoms with Crippen LogP contribution in [0.2, 0.25) is 0 Å². The summed E-state index contributed by atoms with van der Waals surface area (Å²) < 4.78 is 42.7. The van der Waals surface area contributed by atoms with Gasteiger partial charge in [-0.25, -0.2) is 0 Å². The summed E-state index contributed by atoms with van der Waals surface area (Å²) >= 11 is 2.77. The molecule has 0 saturated heterocycles. The summed E-state index contributed by atoms with van der Waals surface area (Å²) in [4.78, 5) is 21.4. The Kier molecular flexibility index (Phi) is 4.22. The van der Waals surface area contributed by atoms with Crippen LogP contribution in [0.1, 0.15) is 16.1 Å². The van der Waals surface area contributed by atoms with Crippen molar-refractivity contribution in [1.82, 2.24) is 0 Å². The highest BCUT2D eigenvalue weighted by atomic mass is 79.9. The quantitative estimate of drug-likeness (QED) is 0.639. The second-order valence-corrected chi connectivity index (χ2v) is 4.90. The highest BCUT2D eigenvalue weighted by molar-refractivity contribution is 9.10. The number of carbonyl (C=O) groups is 1. The van der Waals surface area contributed by atoms with Crippen molar-refractivity contribution in [3.05, 3.63) is 56.2 Å². The van der Waals surface area contributed by atoms with Crippen molar-refractivity contribution in [2.24, 2.45) is 0 Å². The van der Waals surface area contributed by atoms with Gasteiger partial charge in [-0.15, -0.1) is 0 Å². The topological polar surface area (TPSA) is 85.4 Å². The molecule has 6 nitrogen and oxygen atoms in total. The molecular formula is C12H6BrF3N2O4. The fourth-order valence-corrected chi connectivity index (χ4v) is 2.03. The normalized spacial score (nSPS) is 11.3. The number of carbonyl (C=O) groups excluding carboxylic acids is 1. The number of rotatable bonds is 3. The van der Waals surface area contributed by atoms with Crippen molar-refractivity contribution in [1.29, 1.82) is 0 Å². The molecule has 10 heteroatoms. The number of hydrogen-bond acceptors (Lipinski definition) is 4. The van der Waals surface area contributed by atoms with Gasteiger partial charge in [0, 0.05) is 10.2 Å². The van der Waals surface area contributed by atoms with Crippen LogP contribution in [0.4, 0.5) is 24.7 Å². The van der Waals surface area contributed by atoms with E-state index < -0.39 is 28.5 Å². The molecule has 1 amide bonds. The van der Waals surface area contributed by atoms with E-state index in [9.17, 15) is 28.1 Å². The largest absolute Gasteiger partial charge is 0.433 e. The van der Waals surface area contributed by atoms with E-state index in [1.54, 1.807) is 0 Å². The molecule has 2 aromatic rings. The lowest BCUT2D eigenvalue weighted by atomic mass is 10.2. The molecule has 1 aromatic carbocycles. The third-order valence-electron chi connectivity index (χ3n) is 2.53. The van der Waals surface area contributed by atoms with Crippen LogP contribution < -0.4 is 5.32 Å². The zero-order chi connectivity index (χ0) is 16.5. The molecule has 0 atom stereocenters. The zero-order valence-corrected chi connectivity index (χ0v) is 12.1. The number of nitrogens with one attached hydrogen (secondary N) is 1. The van der Waals surface area contributed by atoms with Crippen molar-refractivity contribution in [2.45, 2.75) is 6.18 Å². The minimum atomic E-state index is -4.59. The summed E-state index contributed by atoms with van der Waals surface area (Å²) in [6.07, 6.45) is -4.59. The molecule has 0 aliphatic heterocycles. The van der Waals surface area contributed by atoms with Gasteiger partial charge in [0.25, 0.3) is 5.91 Å². The Morgan fingerprint density at radius 3 is 2.50 bits per heavy atom. The molecule has 0 saturated carbocycles. The highest BCUT2D eigenvalue weighted by Crippen LogP contribution is 2.36.